The molecule has 1 aromatic heterocycles. The van der Waals surface area contributed by atoms with Crippen LogP contribution in [0.2, 0.25) is 0 Å². The van der Waals surface area contributed by atoms with Gasteiger partial charge in [-0.2, -0.15) is 4.98 Å². The highest BCUT2D eigenvalue weighted by Crippen LogP contribution is 2.20. The number of halogens is 2. The topological polar surface area (TPSA) is 59.5 Å². The van der Waals surface area contributed by atoms with E-state index in [1.807, 2.05) is 0 Å². The number of para-hydroxylation sites is 1. The molecular weight excluding hydrogens is 318 g/mol. The molecule has 8 heteroatoms. The van der Waals surface area contributed by atoms with E-state index >= 15 is 0 Å². The van der Waals surface area contributed by atoms with E-state index in [0.717, 1.165) is 44.1 Å². The van der Waals surface area contributed by atoms with Gasteiger partial charge in [0.15, 0.2) is 23.2 Å². The number of piperazine rings is 1. The number of ether oxygens (including phenoxy) is 2. The molecule has 0 saturated carbocycles. The standard InChI is InChI=1S/C16H18F2N4O2/c17-12-2-1-3-13(18)16(12)24-9-8-23-15-11-20-10-14(21-15)22-6-4-19-5-7-22/h1-3,10-11,19H,4-9H2. The van der Waals surface area contributed by atoms with Crippen LogP contribution in [0.3, 0.4) is 0 Å². The lowest BCUT2D eigenvalue weighted by atomic mass is 10.3. The summed E-state index contributed by atoms with van der Waals surface area (Å²) in [4.78, 5) is 10.6. The van der Waals surface area contributed by atoms with Gasteiger partial charge in [-0.15, -0.1) is 0 Å². The molecule has 1 saturated heterocycles. The van der Waals surface area contributed by atoms with Gasteiger partial charge in [0, 0.05) is 26.2 Å². The summed E-state index contributed by atoms with van der Waals surface area (Å²) in [6.45, 7) is 3.61. The maximum absolute atomic E-state index is 13.4. The Morgan fingerprint density at radius 1 is 1.04 bits per heavy atom. The van der Waals surface area contributed by atoms with Gasteiger partial charge in [0.05, 0.1) is 12.4 Å². The van der Waals surface area contributed by atoms with Crippen LogP contribution in [-0.2, 0) is 0 Å². The molecule has 1 aromatic carbocycles. The van der Waals surface area contributed by atoms with Crippen LogP contribution in [0.5, 0.6) is 11.6 Å². The molecule has 0 bridgehead atoms. The SMILES string of the molecule is Fc1cccc(F)c1OCCOc1cncc(N2CCNCC2)n1. The van der Waals surface area contributed by atoms with Crippen LogP contribution in [0.1, 0.15) is 0 Å². The number of rotatable bonds is 6. The molecule has 1 fully saturated rings. The van der Waals surface area contributed by atoms with E-state index in [9.17, 15) is 8.78 Å². The summed E-state index contributed by atoms with van der Waals surface area (Å²) in [5.41, 5.74) is 0. The zero-order chi connectivity index (χ0) is 16.8. The Hall–Kier alpha value is -2.48. The second-order valence-electron chi connectivity index (χ2n) is 5.20. The van der Waals surface area contributed by atoms with E-state index in [2.05, 4.69) is 20.2 Å². The van der Waals surface area contributed by atoms with Crippen molar-refractivity contribution >= 4 is 5.82 Å². The lowest BCUT2D eigenvalue weighted by Gasteiger charge is -2.28. The van der Waals surface area contributed by atoms with Crippen LogP contribution in [0.15, 0.2) is 30.6 Å². The van der Waals surface area contributed by atoms with Gasteiger partial charge in [-0.1, -0.05) is 6.07 Å². The quantitative estimate of drug-likeness (QED) is 0.809. The van der Waals surface area contributed by atoms with Crippen LogP contribution < -0.4 is 19.7 Å². The van der Waals surface area contributed by atoms with Crippen LogP contribution in [0.4, 0.5) is 14.6 Å². The molecule has 0 spiro atoms. The Morgan fingerprint density at radius 3 is 2.50 bits per heavy atom. The third kappa shape index (κ3) is 4.08. The van der Waals surface area contributed by atoms with Crippen LogP contribution >= 0.6 is 0 Å². The molecule has 1 aliphatic rings. The van der Waals surface area contributed by atoms with Crippen LogP contribution in [0, 0.1) is 11.6 Å². The minimum Gasteiger partial charge on any atom is -0.484 e. The Morgan fingerprint density at radius 2 is 1.75 bits per heavy atom. The smallest absolute Gasteiger partial charge is 0.234 e. The van der Waals surface area contributed by atoms with Gasteiger partial charge in [0.25, 0.3) is 0 Å². The molecule has 2 heterocycles. The van der Waals surface area contributed by atoms with Crippen molar-refractivity contribution in [1.29, 1.82) is 0 Å². The van der Waals surface area contributed by atoms with E-state index in [1.165, 1.54) is 12.3 Å². The number of nitrogens with one attached hydrogen (secondary N) is 1. The van der Waals surface area contributed by atoms with Gasteiger partial charge in [0.1, 0.15) is 13.2 Å². The van der Waals surface area contributed by atoms with E-state index in [-0.39, 0.29) is 13.2 Å². The molecule has 1 N–H and O–H groups in total. The number of nitrogens with zero attached hydrogens (tertiary/aromatic N) is 3. The van der Waals surface area contributed by atoms with Gasteiger partial charge in [-0.3, -0.25) is 4.98 Å². The second-order valence-corrected chi connectivity index (χ2v) is 5.20. The lowest BCUT2D eigenvalue weighted by molar-refractivity contribution is 0.200. The molecule has 24 heavy (non-hydrogen) atoms. The first-order valence-electron chi connectivity index (χ1n) is 7.71. The van der Waals surface area contributed by atoms with E-state index in [0.29, 0.717) is 5.88 Å². The molecule has 0 unspecified atom stereocenters. The van der Waals surface area contributed by atoms with Crippen molar-refractivity contribution in [3.63, 3.8) is 0 Å². The summed E-state index contributed by atoms with van der Waals surface area (Å²) >= 11 is 0. The molecule has 0 radical (unpaired) electrons. The van der Waals surface area contributed by atoms with Crippen molar-refractivity contribution in [1.82, 2.24) is 15.3 Å². The summed E-state index contributed by atoms with van der Waals surface area (Å²) in [6.07, 6.45) is 3.18. The van der Waals surface area contributed by atoms with E-state index in [4.69, 9.17) is 9.47 Å². The molecular formula is C16H18F2N4O2. The van der Waals surface area contributed by atoms with Gasteiger partial charge in [-0.05, 0) is 12.1 Å². The maximum atomic E-state index is 13.4. The fourth-order valence-corrected chi connectivity index (χ4v) is 2.36. The summed E-state index contributed by atoms with van der Waals surface area (Å²) in [5.74, 6) is -0.786. The van der Waals surface area contributed by atoms with Crippen molar-refractivity contribution < 1.29 is 18.3 Å². The monoisotopic (exact) mass is 336 g/mol. The molecule has 0 amide bonds. The summed E-state index contributed by atoms with van der Waals surface area (Å²) in [6, 6.07) is 3.56. The molecule has 2 aromatic rings. The number of aromatic nitrogens is 2. The van der Waals surface area contributed by atoms with Crippen molar-refractivity contribution in [3.8, 4) is 11.6 Å². The van der Waals surface area contributed by atoms with Crippen LogP contribution in [-0.4, -0.2) is 49.4 Å². The van der Waals surface area contributed by atoms with E-state index < -0.39 is 17.4 Å². The third-order valence-electron chi connectivity index (χ3n) is 3.54. The summed E-state index contributed by atoms with van der Waals surface area (Å²) in [7, 11) is 0. The largest absolute Gasteiger partial charge is 0.484 e. The average Bonchev–Trinajstić information content (AvgIpc) is 2.62. The van der Waals surface area contributed by atoms with Crippen LogP contribution in [0.25, 0.3) is 0 Å². The molecule has 6 nitrogen and oxygen atoms in total. The highest BCUT2D eigenvalue weighted by Gasteiger charge is 2.13. The molecule has 128 valence electrons. The highest BCUT2D eigenvalue weighted by molar-refractivity contribution is 5.38. The van der Waals surface area contributed by atoms with Gasteiger partial charge in [0.2, 0.25) is 5.88 Å². The van der Waals surface area contributed by atoms with E-state index in [1.54, 1.807) is 6.20 Å². The van der Waals surface area contributed by atoms with Crippen molar-refractivity contribution in [2.24, 2.45) is 0 Å². The first-order valence-corrected chi connectivity index (χ1v) is 7.71. The Labute approximate surface area is 138 Å². The molecule has 3 rings (SSSR count). The number of benzene rings is 1. The van der Waals surface area contributed by atoms with Crippen molar-refractivity contribution in [2.75, 3.05) is 44.3 Å². The Bertz CT molecular complexity index is 661. The number of anilines is 1. The maximum Gasteiger partial charge on any atom is 0.234 e. The Balaban J connectivity index is 1.51. The average molecular weight is 336 g/mol. The normalized spacial score (nSPS) is 14.5. The fourth-order valence-electron chi connectivity index (χ4n) is 2.36. The zero-order valence-corrected chi connectivity index (χ0v) is 13.0. The van der Waals surface area contributed by atoms with Gasteiger partial charge >= 0.3 is 0 Å². The molecule has 0 atom stereocenters. The predicted molar refractivity (Wildman–Crippen MR) is 84.5 cm³/mol. The minimum atomic E-state index is -0.740. The first kappa shape index (κ1) is 16.4. The fraction of sp³-hybridized carbons (Fsp3) is 0.375. The molecule has 1 aliphatic heterocycles. The third-order valence-corrected chi connectivity index (χ3v) is 3.54. The minimum absolute atomic E-state index is 0.00258. The predicted octanol–water partition coefficient (Wildman–Crippen LogP) is 1.62. The zero-order valence-electron chi connectivity index (χ0n) is 13.0. The Kier molecular flexibility index (Phi) is 5.37. The van der Waals surface area contributed by atoms with Crippen molar-refractivity contribution in [2.45, 2.75) is 0 Å². The second kappa shape index (κ2) is 7.87. The number of hydrogen-bond acceptors (Lipinski definition) is 6. The van der Waals surface area contributed by atoms with Gasteiger partial charge < -0.3 is 19.7 Å². The number of hydrogen-bond donors (Lipinski definition) is 1. The highest BCUT2D eigenvalue weighted by atomic mass is 19.1. The first-order chi connectivity index (χ1) is 11.7. The summed E-state index contributed by atoms with van der Waals surface area (Å²) < 4.78 is 37.4. The molecule has 0 aliphatic carbocycles. The van der Waals surface area contributed by atoms with Gasteiger partial charge in [-0.25, -0.2) is 8.78 Å². The van der Waals surface area contributed by atoms with Crippen molar-refractivity contribution in [3.05, 3.63) is 42.2 Å². The lowest BCUT2D eigenvalue weighted by Crippen LogP contribution is -2.43. The summed E-state index contributed by atoms with van der Waals surface area (Å²) in [5, 5.41) is 3.27.